The fourth-order valence-corrected chi connectivity index (χ4v) is 0.577. The average Bonchev–Trinajstić information content (AvgIpc) is 2.13. The van der Waals surface area contributed by atoms with Crippen molar-refractivity contribution in [3.8, 4) is 0 Å². The normalized spacial score (nSPS) is 12.0. The highest BCUT2D eigenvalue weighted by Crippen LogP contribution is 1.98. The predicted octanol–water partition coefficient (Wildman–Crippen LogP) is 0.698. The van der Waals surface area contributed by atoms with E-state index < -0.39 is 0 Å². The summed E-state index contributed by atoms with van der Waals surface area (Å²) >= 11 is 0. The van der Waals surface area contributed by atoms with Crippen molar-refractivity contribution in [3.05, 3.63) is 17.4 Å². The highest BCUT2D eigenvalue weighted by molar-refractivity contribution is 5.41. The van der Waals surface area contributed by atoms with E-state index in [2.05, 4.69) is 10.1 Å². The molecule has 0 fully saturated rings. The van der Waals surface area contributed by atoms with Gasteiger partial charge in [0.05, 0.1) is 0 Å². The predicted molar refractivity (Wildman–Crippen MR) is 36.9 cm³/mol. The number of nitrogens with two attached hydrogens (primary N) is 1. The Hall–Kier alpha value is -1.32. The Morgan fingerprint density at radius 3 is 2.80 bits per heavy atom. The Kier molecular flexibility index (Phi) is 1.71. The van der Waals surface area contributed by atoms with Crippen LogP contribution in [-0.4, -0.2) is 10.1 Å². The molecule has 0 aliphatic carbocycles. The fourth-order valence-electron chi connectivity index (χ4n) is 0.577. The quantitative estimate of drug-likeness (QED) is 0.621. The van der Waals surface area contributed by atoms with Crippen LogP contribution in [0.25, 0.3) is 6.08 Å². The van der Waals surface area contributed by atoms with Crippen molar-refractivity contribution in [2.24, 2.45) is 5.73 Å². The van der Waals surface area contributed by atoms with E-state index in [0.29, 0.717) is 17.4 Å². The zero-order chi connectivity index (χ0) is 7.56. The van der Waals surface area contributed by atoms with Crippen molar-refractivity contribution in [2.45, 2.75) is 13.8 Å². The molecular formula is C6H9N3O. The van der Waals surface area contributed by atoms with Gasteiger partial charge in [0.1, 0.15) is 0 Å². The van der Waals surface area contributed by atoms with Crippen LogP contribution in [0.5, 0.6) is 0 Å². The summed E-state index contributed by atoms with van der Waals surface area (Å²) in [5.74, 6) is 1.07. The maximum absolute atomic E-state index is 5.37. The van der Waals surface area contributed by atoms with E-state index in [1.165, 1.54) is 0 Å². The zero-order valence-corrected chi connectivity index (χ0v) is 5.96. The summed E-state index contributed by atoms with van der Waals surface area (Å²) in [6, 6.07) is 0. The summed E-state index contributed by atoms with van der Waals surface area (Å²) in [5.41, 5.74) is 6.04. The number of allylic oxidation sites excluding steroid dienone is 1. The molecular weight excluding hydrogens is 130 g/mol. The topological polar surface area (TPSA) is 64.9 Å². The Labute approximate surface area is 58.7 Å². The Bertz CT molecular complexity index is 247. The molecule has 0 radical (unpaired) electrons. The smallest absolute Gasteiger partial charge is 0.223 e. The molecule has 10 heavy (non-hydrogen) atoms. The van der Waals surface area contributed by atoms with Crippen LogP contribution >= 0.6 is 0 Å². The molecule has 0 aliphatic heterocycles. The van der Waals surface area contributed by atoms with Crippen molar-refractivity contribution in [2.75, 3.05) is 0 Å². The lowest BCUT2D eigenvalue weighted by molar-refractivity contribution is 0.391. The molecule has 0 saturated carbocycles. The van der Waals surface area contributed by atoms with Gasteiger partial charge in [0.2, 0.25) is 5.89 Å². The molecule has 0 unspecified atom stereocenters. The third-order valence-corrected chi connectivity index (χ3v) is 0.900. The molecule has 4 heteroatoms. The monoisotopic (exact) mass is 139 g/mol. The van der Waals surface area contributed by atoms with E-state index in [9.17, 15) is 0 Å². The van der Waals surface area contributed by atoms with Gasteiger partial charge in [0.25, 0.3) is 0 Å². The van der Waals surface area contributed by atoms with Crippen LogP contribution in [0, 0.1) is 6.92 Å². The van der Waals surface area contributed by atoms with Gasteiger partial charge in [-0.15, -0.1) is 0 Å². The Balaban J connectivity index is 2.86. The first-order valence-electron chi connectivity index (χ1n) is 2.92. The van der Waals surface area contributed by atoms with Gasteiger partial charge in [-0.05, 0) is 6.92 Å². The summed E-state index contributed by atoms with van der Waals surface area (Å²) < 4.78 is 4.70. The van der Waals surface area contributed by atoms with E-state index >= 15 is 0 Å². The summed E-state index contributed by atoms with van der Waals surface area (Å²) in [7, 11) is 0. The van der Waals surface area contributed by atoms with Crippen LogP contribution in [0.3, 0.4) is 0 Å². The number of hydrogen-bond acceptors (Lipinski definition) is 4. The lowest BCUT2D eigenvalue weighted by Gasteiger charge is -1.82. The van der Waals surface area contributed by atoms with E-state index in [4.69, 9.17) is 10.3 Å². The first-order chi connectivity index (χ1) is 4.68. The third kappa shape index (κ3) is 1.58. The summed E-state index contributed by atoms with van der Waals surface area (Å²) in [5, 5.41) is 3.61. The number of hydrogen-bond donors (Lipinski definition) is 1. The van der Waals surface area contributed by atoms with Crippen molar-refractivity contribution in [1.29, 1.82) is 0 Å². The highest BCUT2D eigenvalue weighted by Gasteiger charge is 1.95. The van der Waals surface area contributed by atoms with Gasteiger partial charge < -0.3 is 10.3 Å². The Morgan fingerprint density at radius 1 is 1.70 bits per heavy atom. The number of nitrogens with zero attached hydrogens (tertiary/aromatic N) is 2. The third-order valence-electron chi connectivity index (χ3n) is 0.900. The molecule has 1 heterocycles. The highest BCUT2D eigenvalue weighted by atomic mass is 16.5. The maximum atomic E-state index is 5.37. The van der Waals surface area contributed by atoms with Gasteiger partial charge in [-0.25, -0.2) is 0 Å². The molecule has 0 bridgehead atoms. The van der Waals surface area contributed by atoms with Gasteiger partial charge in [0, 0.05) is 18.7 Å². The average molecular weight is 139 g/mol. The summed E-state index contributed by atoms with van der Waals surface area (Å²) in [6.07, 6.45) is 1.65. The second-order valence-corrected chi connectivity index (χ2v) is 2.06. The fraction of sp³-hybridized carbons (Fsp3) is 0.333. The standard InChI is InChI=1S/C6H9N3O/c1-4(7)3-6-8-5(2)10-9-6/h3H,7H2,1-2H3. The second kappa shape index (κ2) is 2.51. The molecule has 4 nitrogen and oxygen atoms in total. The molecule has 1 rings (SSSR count). The molecule has 0 saturated heterocycles. The minimum absolute atomic E-state index is 0.525. The number of aromatic nitrogens is 2. The van der Waals surface area contributed by atoms with Crippen LogP contribution < -0.4 is 5.73 Å². The molecule has 1 aromatic heterocycles. The van der Waals surface area contributed by atoms with E-state index in [-0.39, 0.29) is 0 Å². The van der Waals surface area contributed by atoms with Crippen LogP contribution in [0.4, 0.5) is 0 Å². The first-order valence-corrected chi connectivity index (χ1v) is 2.92. The molecule has 2 N–H and O–H groups in total. The molecule has 0 atom stereocenters. The molecule has 1 aromatic rings. The van der Waals surface area contributed by atoms with Crippen LogP contribution in [0.2, 0.25) is 0 Å². The van der Waals surface area contributed by atoms with Gasteiger partial charge in [-0.1, -0.05) is 5.16 Å². The molecule has 54 valence electrons. The lowest BCUT2D eigenvalue weighted by Crippen LogP contribution is -1.90. The molecule has 0 amide bonds. The van der Waals surface area contributed by atoms with Gasteiger partial charge in [-0.2, -0.15) is 4.98 Å². The number of rotatable bonds is 1. The molecule has 0 aromatic carbocycles. The summed E-state index contributed by atoms with van der Waals surface area (Å²) in [6.45, 7) is 3.50. The minimum Gasteiger partial charge on any atom is -0.402 e. The van der Waals surface area contributed by atoms with Gasteiger partial charge in [-0.3, -0.25) is 0 Å². The van der Waals surface area contributed by atoms with Crippen molar-refractivity contribution in [1.82, 2.24) is 10.1 Å². The van der Waals surface area contributed by atoms with Crippen molar-refractivity contribution in [3.63, 3.8) is 0 Å². The maximum Gasteiger partial charge on any atom is 0.223 e. The minimum atomic E-state index is 0.525. The SMILES string of the molecule is CC(N)=Cc1noc(C)n1. The molecule has 0 spiro atoms. The second-order valence-electron chi connectivity index (χ2n) is 2.06. The van der Waals surface area contributed by atoms with Crippen LogP contribution in [0.1, 0.15) is 18.6 Å². The summed E-state index contributed by atoms with van der Waals surface area (Å²) in [4.78, 5) is 3.92. The van der Waals surface area contributed by atoms with Gasteiger partial charge >= 0.3 is 0 Å². The van der Waals surface area contributed by atoms with Crippen molar-refractivity contribution >= 4 is 6.08 Å². The van der Waals surface area contributed by atoms with Gasteiger partial charge in [0.15, 0.2) is 5.82 Å². The number of aryl methyl sites for hydroxylation is 1. The zero-order valence-electron chi connectivity index (χ0n) is 5.96. The lowest BCUT2D eigenvalue weighted by atomic mass is 10.4. The molecule has 0 aliphatic rings. The van der Waals surface area contributed by atoms with Crippen LogP contribution in [-0.2, 0) is 0 Å². The largest absolute Gasteiger partial charge is 0.402 e. The van der Waals surface area contributed by atoms with E-state index in [1.807, 2.05) is 0 Å². The van der Waals surface area contributed by atoms with Crippen LogP contribution in [0.15, 0.2) is 10.2 Å². The van der Waals surface area contributed by atoms with Crippen molar-refractivity contribution < 1.29 is 4.52 Å². The Morgan fingerprint density at radius 2 is 2.40 bits per heavy atom. The van der Waals surface area contributed by atoms with E-state index in [1.54, 1.807) is 19.9 Å². The van der Waals surface area contributed by atoms with E-state index in [0.717, 1.165) is 0 Å². The first kappa shape index (κ1) is 6.80.